The molecule has 1 rings (SSSR count). The van der Waals surface area contributed by atoms with Gasteiger partial charge in [-0.25, -0.2) is 4.39 Å². The van der Waals surface area contributed by atoms with E-state index >= 15 is 0 Å². The van der Waals surface area contributed by atoms with E-state index in [0.29, 0.717) is 16.0 Å². The van der Waals surface area contributed by atoms with Crippen molar-refractivity contribution in [3.05, 3.63) is 34.1 Å². The van der Waals surface area contributed by atoms with Crippen LogP contribution < -0.4 is 5.73 Å². The number of rotatable bonds is 4. The minimum absolute atomic E-state index is 0.204. The molecule has 0 saturated heterocycles. The molecule has 0 aromatic heterocycles. The Morgan fingerprint density at radius 3 is 2.60 bits per heavy atom. The highest BCUT2D eigenvalue weighted by Crippen LogP contribution is 2.25. The van der Waals surface area contributed by atoms with E-state index in [1.54, 1.807) is 12.1 Å². The van der Waals surface area contributed by atoms with Gasteiger partial charge in [0.15, 0.2) is 0 Å². The first-order valence-corrected chi connectivity index (χ1v) is 6.01. The molecule has 0 spiro atoms. The zero-order valence-corrected chi connectivity index (χ0v) is 10.7. The molecule has 1 nitrogen and oxygen atoms in total. The van der Waals surface area contributed by atoms with Gasteiger partial charge in [0, 0.05) is 11.6 Å². The number of hydrogen-bond acceptors (Lipinski definition) is 1. The van der Waals surface area contributed by atoms with Crippen LogP contribution in [0.5, 0.6) is 0 Å². The lowest BCUT2D eigenvalue weighted by molar-refractivity contribution is 0.490. The average Bonchev–Trinajstić information content (AvgIpc) is 2.18. The third-order valence-corrected chi connectivity index (χ3v) is 3.05. The Labute approximate surface area is 99.0 Å². The van der Waals surface area contributed by atoms with Crippen LogP contribution in [-0.4, -0.2) is 0 Å². The summed E-state index contributed by atoms with van der Waals surface area (Å²) in [6.45, 7) is 4.29. The van der Waals surface area contributed by atoms with Crippen molar-refractivity contribution in [1.82, 2.24) is 0 Å². The molecule has 1 aromatic carbocycles. The molecule has 84 valence electrons. The van der Waals surface area contributed by atoms with Gasteiger partial charge >= 0.3 is 0 Å². The maximum atomic E-state index is 13.6. The van der Waals surface area contributed by atoms with Crippen LogP contribution in [0.1, 0.15) is 38.3 Å². The fourth-order valence-corrected chi connectivity index (χ4v) is 1.86. The predicted octanol–water partition coefficient (Wildman–Crippen LogP) is 4.02. The summed E-state index contributed by atoms with van der Waals surface area (Å²) in [6.07, 6.45) is 1.85. The minimum Gasteiger partial charge on any atom is -0.324 e. The molecule has 3 heteroatoms. The van der Waals surface area contributed by atoms with E-state index in [-0.39, 0.29) is 11.9 Å². The summed E-state index contributed by atoms with van der Waals surface area (Å²) < 4.78 is 14.1. The third kappa shape index (κ3) is 3.58. The second-order valence-electron chi connectivity index (χ2n) is 4.22. The molecule has 0 amide bonds. The number of halogens is 2. The van der Waals surface area contributed by atoms with E-state index in [2.05, 4.69) is 29.8 Å². The van der Waals surface area contributed by atoms with Gasteiger partial charge in [-0.05, 0) is 40.8 Å². The van der Waals surface area contributed by atoms with E-state index in [1.807, 2.05) is 6.07 Å². The Morgan fingerprint density at radius 2 is 2.00 bits per heavy atom. The molecule has 0 aliphatic rings. The lowest BCUT2D eigenvalue weighted by atomic mass is 9.98. The Kier molecular flexibility index (Phi) is 4.74. The maximum Gasteiger partial charge on any atom is 0.142 e. The van der Waals surface area contributed by atoms with Crippen LogP contribution in [0.15, 0.2) is 22.7 Å². The smallest absolute Gasteiger partial charge is 0.142 e. The van der Waals surface area contributed by atoms with Crippen molar-refractivity contribution in [2.24, 2.45) is 11.7 Å². The average molecular weight is 274 g/mol. The van der Waals surface area contributed by atoms with Crippen molar-refractivity contribution in [3.8, 4) is 0 Å². The SMILES string of the molecule is CC(C)CC[C@H](N)c1cccc(Br)c1F. The molecule has 0 radical (unpaired) electrons. The largest absolute Gasteiger partial charge is 0.324 e. The highest BCUT2D eigenvalue weighted by molar-refractivity contribution is 9.10. The van der Waals surface area contributed by atoms with E-state index in [0.717, 1.165) is 12.8 Å². The van der Waals surface area contributed by atoms with Gasteiger partial charge in [-0.15, -0.1) is 0 Å². The van der Waals surface area contributed by atoms with Crippen molar-refractivity contribution in [2.45, 2.75) is 32.7 Å². The Balaban J connectivity index is 2.73. The summed E-state index contributed by atoms with van der Waals surface area (Å²) in [5.41, 5.74) is 6.55. The Bertz CT molecular complexity index is 325. The van der Waals surface area contributed by atoms with Crippen molar-refractivity contribution in [1.29, 1.82) is 0 Å². The third-order valence-electron chi connectivity index (χ3n) is 2.44. The second kappa shape index (κ2) is 5.61. The lowest BCUT2D eigenvalue weighted by Crippen LogP contribution is -2.13. The van der Waals surface area contributed by atoms with Gasteiger partial charge in [-0.2, -0.15) is 0 Å². The molecule has 0 unspecified atom stereocenters. The van der Waals surface area contributed by atoms with Gasteiger partial charge in [0.05, 0.1) is 4.47 Å². The van der Waals surface area contributed by atoms with E-state index in [4.69, 9.17) is 5.73 Å². The number of benzene rings is 1. The van der Waals surface area contributed by atoms with Crippen LogP contribution in [0, 0.1) is 11.7 Å². The van der Waals surface area contributed by atoms with Crippen LogP contribution in [-0.2, 0) is 0 Å². The standard InChI is InChI=1S/C12H17BrFN/c1-8(2)6-7-11(15)9-4-3-5-10(13)12(9)14/h3-5,8,11H,6-7,15H2,1-2H3/t11-/m0/s1. The molecule has 1 aromatic rings. The minimum atomic E-state index is -0.228. The Hall–Kier alpha value is -0.410. The van der Waals surface area contributed by atoms with Crippen LogP contribution in [0.2, 0.25) is 0 Å². The van der Waals surface area contributed by atoms with Gasteiger partial charge in [0.25, 0.3) is 0 Å². The zero-order valence-electron chi connectivity index (χ0n) is 9.13. The van der Waals surface area contributed by atoms with Crippen LogP contribution in [0.3, 0.4) is 0 Å². The van der Waals surface area contributed by atoms with Gasteiger partial charge in [-0.1, -0.05) is 26.0 Å². The van der Waals surface area contributed by atoms with Gasteiger partial charge in [-0.3, -0.25) is 0 Å². The first kappa shape index (κ1) is 12.7. The molecule has 1 atom stereocenters. The summed E-state index contributed by atoms with van der Waals surface area (Å²) >= 11 is 3.16. The van der Waals surface area contributed by atoms with E-state index in [1.165, 1.54) is 0 Å². The highest BCUT2D eigenvalue weighted by atomic mass is 79.9. The fourth-order valence-electron chi connectivity index (χ4n) is 1.48. The van der Waals surface area contributed by atoms with Gasteiger partial charge in [0.2, 0.25) is 0 Å². The van der Waals surface area contributed by atoms with Crippen molar-refractivity contribution >= 4 is 15.9 Å². The maximum absolute atomic E-state index is 13.6. The second-order valence-corrected chi connectivity index (χ2v) is 5.08. The molecular formula is C12H17BrFN. The highest BCUT2D eigenvalue weighted by Gasteiger charge is 2.13. The van der Waals surface area contributed by atoms with Crippen LogP contribution in [0.4, 0.5) is 4.39 Å². The Morgan fingerprint density at radius 1 is 1.33 bits per heavy atom. The van der Waals surface area contributed by atoms with E-state index in [9.17, 15) is 4.39 Å². The van der Waals surface area contributed by atoms with Crippen LogP contribution in [0.25, 0.3) is 0 Å². The number of nitrogens with two attached hydrogens (primary N) is 1. The quantitative estimate of drug-likeness (QED) is 0.881. The summed E-state index contributed by atoms with van der Waals surface area (Å²) in [5, 5.41) is 0. The lowest BCUT2D eigenvalue weighted by Gasteiger charge is -2.14. The fraction of sp³-hybridized carbons (Fsp3) is 0.500. The summed E-state index contributed by atoms with van der Waals surface area (Å²) in [6, 6.07) is 5.06. The molecular weight excluding hydrogens is 257 g/mol. The first-order chi connectivity index (χ1) is 7.02. The topological polar surface area (TPSA) is 26.0 Å². The first-order valence-electron chi connectivity index (χ1n) is 5.22. The predicted molar refractivity (Wildman–Crippen MR) is 65.1 cm³/mol. The molecule has 0 saturated carbocycles. The zero-order chi connectivity index (χ0) is 11.4. The monoisotopic (exact) mass is 273 g/mol. The normalized spacial score (nSPS) is 13.2. The molecule has 2 N–H and O–H groups in total. The summed E-state index contributed by atoms with van der Waals surface area (Å²) in [7, 11) is 0. The van der Waals surface area contributed by atoms with Crippen molar-refractivity contribution in [3.63, 3.8) is 0 Å². The number of hydrogen-bond donors (Lipinski definition) is 1. The summed E-state index contributed by atoms with van der Waals surface area (Å²) in [5.74, 6) is 0.375. The molecule has 0 heterocycles. The molecule has 15 heavy (non-hydrogen) atoms. The van der Waals surface area contributed by atoms with Gasteiger partial charge in [0.1, 0.15) is 5.82 Å². The molecule has 0 fully saturated rings. The molecule has 0 aliphatic heterocycles. The molecule has 0 bridgehead atoms. The summed E-state index contributed by atoms with van der Waals surface area (Å²) in [4.78, 5) is 0. The van der Waals surface area contributed by atoms with Crippen molar-refractivity contribution < 1.29 is 4.39 Å². The van der Waals surface area contributed by atoms with Gasteiger partial charge < -0.3 is 5.73 Å². The molecule has 0 aliphatic carbocycles. The van der Waals surface area contributed by atoms with E-state index < -0.39 is 0 Å². The van der Waals surface area contributed by atoms with Crippen molar-refractivity contribution in [2.75, 3.05) is 0 Å². The van der Waals surface area contributed by atoms with Crippen LogP contribution >= 0.6 is 15.9 Å².